The van der Waals surface area contributed by atoms with Crippen LogP contribution in [0.4, 0.5) is 0 Å². The molecule has 9 nitrogen and oxygen atoms in total. The van der Waals surface area contributed by atoms with Crippen LogP contribution < -0.4 is 0 Å². The number of rotatable bonds is 7. The molecule has 0 fully saturated rings. The van der Waals surface area contributed by atoms with Crippen LogP contribution in [0.25, 0.3) is 0 Å². The molecule has 1 aromatic heterocycles. The van der Waals surface area contributed by atoms with Gasteiger partial charge in [0.2, 0.25) is 5.79 Å². The summed E-state index contributed by atoms with van der Waals surface area (Å²) in [6.45, 7) is 0.685. The first-order valence-electron chi connectivity index (χ1n) is 6.33. The van der Waals surface area contributed by atoms with Crippen molar-refractivity contribution in [3.63, 3.8) is 0 Å². The Labute approximate surface area is 120 Å². The maximum atomic E-state index is 9.83. The molecule has 0 aliphatic carbocycles. The van der Waals surface area contributed by atoms with Crippen molar-refractivity contribution in [1.29, 1.82) is 0 Å². The van der Waals surface area contributed by atoms with Crippen LogP contribution in [-0.4, -0.2) is 70.3 Å². The maximum absolute atomic E-state index is 9.83. The van der Waals surface area contributed by atoms with E-state index in [0.29, 0.717) is 0 Å². The lowest BCUT2D eigenvalue weighted by Crippen LogP contribution is -2.52. The molecule has 2 unspecified atom stereocenters. The van der Waals surface area contributed by atoms with E-state index in [0.717, 1.165) is 6.20 Å². The van der Waals surface area contributed by atoms with Crippen LogP contribution in [0.1, 0.15) is 24.7 Å². The van der Waals surface area contributed by atoms with Gasteiger partial charge in [-0.2, -0.15) is 0 Å². The summed E-state index contributed by atoms with van der Waals surface area (Å²) in [5.74, 6) is -5.88. The Hall–Kier alpha value is -1.20. The van der Waals surface area contributed by atoms with Crippen LogP contribution in [0.15, 0.2) is 12.4 Å². The smallest absolute Gasteiger partial charge is 0.264 e. The molecule has 0 aliphatic rings. The van der Waals surface area contributed by atoms with E-state index in [-0.39, 0.29) is 18.5 Å². The highest BCUT2D eigenvalue weighted by molar-refractivity contribution is 5.12. The summed E-state index contributed by atoms with van der Waals surface area (Å²) in [4.78, 5) is 7.46. The zero-order valence-corrected chi connectivity index (χ0v) is 11.5. The first-order chi connectivity index (χ1) is 9.65. The van der Waals surface area contributed by atoms with E-state index in [1.807, 2.05) is 0 Å². The van der Waals surface area contributed by atoms with Gasteiger partial charge in [0.1, 0.15) is 11.8 Å². The molecular formula is C12H20N2O7. The summed E-state index contributed by atoms with van der Waals surface area (Å²) in [6, 6.07) is 0. The Morgan fingerprint density at radius 3 is 2.24 bits per heavy atom. The van der Waals surface area contributed by atoms with Crippen LogP contribution in [0.2, 0.25) is 0 Å². The first-order valence-corrected chi connectivity index (χ1v) is 6.33. The predicted octanol–water partition coefficient (Wildman–Crippen LogP) is -3.04. The highest BCUT2D eigenvalue weighted by Crippen LogP contribution is 2.29. The largest absolute Gasteiger partial charge is 0.394 e. The molecule has 0 spiro atoms. The lowest BCUT2D eigenvalue weighted by atomic mass is 10.00. The minimum atomic E-state index is -3.05. The fourth-order valence-corrected chi connectivity index (χ4v) is 1.60. The van der Waals surface area contributed by atoms with Crippen molar-refractivity contribution in [2.24, 2.45) is 0 Å². The van der Waals surface area contributed by atoms with Gasteiger partial charge in [0.05, 0.1) is 24.6 Å². The van der Waals surface area contributed by atoms with Crippen molar-refractivity contribution < 1.29 is 35.7 Å². The van der Waals surface area contributed by atoms with Gasteiger partial charge < -0.3 is 35.7 Å². The molecule has 0 radical (unpaired) electrons. The highest BCUT2D eigenvalue weighted by atomic mass is 16.6. The second-order valence-electron chi connectivity index (χ2n) is 4.76. The number of aromatic nitrogens is 2. The third kappa shape index (κ3) is 3.92. The molecule has 0 bridgehead atoms. The van der Waals surface area contributed by atoms with Gasteiger partial charge >= 0.3 is 0 Å². The molecule has 1 aromatic rings. The number of aliphatic hydroxyl groups is 7. The lowest BCUT2D eigenvalue weighted by Gasteiger charge is -2.33. The van der Waals surface area contributed by atoms with Gasteiger partial charge in [-0.15, -0.1) is 0 Å². The highest BCUT2D eigenvalue weighted by Gasteiger charge is 2.49. The van der Waals surface area contributed by atoms with Gasteiger partial charge in [-0.1, -0.05) is 6.92 Å². The van der Waals surface area contributed by atoms with E-state index >= 15 is 0 Å². The van der Waals surface area contributed by atoms with Crippen molar-refractivity contribution in [1.82, 2.24) is 9.97 Å². The van der Waals surface area contributed by atoms with Crippen molar-refractivity contribution in [2.75, 3.05) is 6.61 Å². The SMILES string of the molecule is CCC(O)(O)C(O)(O)c1cncc(CC(O)C(O)CO)n1. The van der Waals surface area contributed by atoms with E-state index < -0.39 is 36.1 Å². The monoisotopic (exact) mass is 304 g/mol. The summed E-state index contributed by atoms with van der Waals surface area (Å²) >= 11 is 0. The molecular weight excluding hydrogens is 284 g/mol. The molecule has 1 heterocycles. The molecule has 120 valence electrons. The second-order valence-corrected chi connectivity index (χ2v) is 4.76. The van der Waals surface area contributed by atoms with Gasteiger partial charge in [0.25, 0.3) is 5.79 Å². The normalized spacial score (nSPS) is 15.8. The fraction of sp³-hybridized carbons (Fsp3) is 0.667. The van der Waals surface area contributed by atoms with Gasteiger partial charge in [0.15, 0.2) is 0 Å². The molecule has 21 heavy (non-hydrogen) atoms. The second kappa shape index (κ2) is 6.71. The van der Waals surface area contributed by atoms with Crippen molar-refractivity contribution in [3.8, 4) is 0 Å². The number of hydrogen-bond acceptors (Lipinski definition) is 9. The Balaban J connectivity index is 3.01. The first kappa shape index (κ1) is 17.9. The fourth-order valence-electron chi connectivity index (χ4n) is 1.60. The van der Waals surface area contributed by atoms with E-state index in [9.17, 15) is 30.6 Å². The van der Waals surface area contributed by atoms with Crippen LogP contribution >= 0.6 is 0 Å². The van der Waals surface area contributed by atoms with Crippen molar-refractivity contribution in [3.05, 3.63) is 23.8 Å². The molecule has 0 amide bonds. The summed E-state index contributed by atoms with van der Waals surface area (Å²) < 4.78 is 0. The zero-order valence-electron chi connectivity index (χ0n) is 11.5. The molecule has 0 saturated carbocycles. The van der Waals surface area contributed by atoms with Crippen molar-refractivity contribution in [2.45, 2.75) is 43.5 Å². The van der Waals surface area contributed by atoms with Gasteiger partial charge in [-0.3, -0.25) is 4.98 Å². The summed E-state index contributed by atoms with van der Waals surface area (Å²) in [6.07, 6.45) is -1.16. The minimum Gasteiger partial charge on any atom is -0.394 e. The topological polar surface area (TPSA) is 167 Å². The molecule has 0 aliphatic heterocycles. The quantitative estimate of drug-likeness (QED) is 0.259. The standard InChI is InChI=1S/C12H20N2O7/c1-2-11(18,19)12(20,21)10-5-13-4-7(14-10)3-8(16)9(17)6-15/h4-5,8-9,15-21H,2-3,6H2,1H3. The summed E-state index contributed by atoms with van der Waals surface area (Å²) in [7, 11) is 0. The number of nitrogens with zero attached hydrogens (tertiary/aromatic N) is 2. The number of hydrogen-bond donors (Lipinski definition) is 7. The average molecular weight is 304 g/mol. The molecule has 1 rings (SSSR count). The van der Waals surface area contributed by atoms with Crippen LogP contribution in [-0.2, 0) is 12.2 Å². The van der Waals surface area contributed by atoms with E-state index in [1.165, 1.54) is 13.1 Å². The van der Waals surface area contributed by atoms with Crippen LogP contribution in [0.5, 0.6) is 0 Å². The number of aliphatic hydroxyl groups excluding tert-OH is 3. The molecule has 0 saturated heterocycles. The molecule has 9 heteroatoms. The zero-order chi connectivity index (χ0) is 16.3. The molecule has 7 N–H and O–H groups in total. The van der Waals surface area contributed by atoms with Crippen LogP contribution in [0, 0.1) is 0 Å². The van der Waals surface area contributed by atoms with Gasteiger partial charge in [0, 0.05) is 19.0 Å². The Morgan fingerprint density at radius 2 is 1.71 bits per heavy atom. The third-order valence-electron chi connectivity index (χ3n) is 3.14. The van der Waals surface area contributed by atoms with E-state index in [2.05, 4.69) is 9.97 Å². The predicted molar refractivity (Wildman–Crippen MR) is 68.4 cm³/mol. The Morgan fingerprint density at radius 1 is 1.10 bits per heavy atom. The maximum Gasteiger partial charge on any atom is 0.264 e. The Kier molecular flexibility index (Phi) is 5.70. The van der Waals surface area contributed by atoms with Crippen LogP contribution in [0.3, 0.4) is 0 Å². The summed E-state index contributed by atoms with van der Waals surface area (Å²) in [5.41, 5.74) is -0.440. The molecule has 0 aromatic carbocycles. The third-order valence-corrected chi connectivity index (χ3v) is 3.14. The Bertz CT molecular complexity index is 467. The molecule has 2 atom stereocenters. The minimum absolute atomic E-state index is 0.0758. The average Bonchev–Trinajstić information content (AvgIpc) is 2.46. The van der Waals surface area contributed by atoms with E-state index in [4.69, 9.17) is 5.11 Å². The summed E-state index contributed by atoms with van der Waals surface area (Å²) in [5, 5.41) is 66.3. The lowest BCUT2D eigenvalue weighted by molar-refractivity contribution is -0.368. The van der Waals surface area contributed by atoms with Gasteiger partial charge in [-0.05, 0) is 0 Å². The van der Waals surface area contributed by atoms with E-state index in [1.54, 1.807) is 0 Å². The van der Waals surface area contributed by atoms with Gasteiger partial charge in [-0.25, -0.2) is 4.98 Å². The van der Waals surface area contributed by atoms with Crippen molar-refractivity contribution >= 4 is 0 Å².